The van der Waals surface area contributed by atoms with Gasteiger partial charge in [0.1, 0.15) is 16.9 Å². The fourth-order valence-corrected chi connectivity index (χ4v) is 3.13. The van der Waals surface area contributed by atoms with Crippen molar-refractivity contribution in [2.75, 3.05) is 0 Å². The molecule has 2 aromatic rings. The van der Waals surface area contributed by atoms with Crippen molar-refractivity contribution in [3.8, 4) is 0 Å². The monoisotopic (exact) mass is 339 g/mol. The molecule has 2 atom stereocenters. The van der Waals surface area contributed by atoms with Crippen LogP contribution in [0.5, 0.6) is 0 Å². The summed E-state index contributed by atoms with van der Waals surface area (Å²) in [7, 11) is 0. The van der Waals surface area contributed by atoms with Crippen molar-refractivity contribution in [2.45, 2.75) is 32.9 Å². The molecule has 0 saturated heterocycles. The first-order valence-electron chi connectivity index (χ1n) is 7.13. The number of aromatic nitrogens is 1. The topological polar surface area (TPSA) is 91.3 Å². The normalized spacial score (nSPS) is 13.8. The van der Waals surface area contributed by atoms with E-state index in [-0.39, 0.29) is 11.7 Å². The van der Waals surface area contributed by atoms with Crippen LogP contribution in [-0.4, -0.2) is 28.1 Å². The summed E-state index contributed by atoms with van der Waals surface area (Å²) in [6, 6.07) is 3.07. The number of halogens is 1. The Morgan fingerprint density at radius 3 is 2.57 bits per heavy atom. The number of carboxylic acid groups (broad SMARTS) is 1. The van der Waals surface area contributed by atoms with Crippen molar-refractivity contribution in [2.24, 2.45) is 5.92 Å². The third-order valence-electron chi connectivity index (χ3n) is 3.32. The molecular formula is C15H18FN3O3S. The number of nitrogens with one attached hydrogen (secondary N) is 2. The Kier molecular flexibility index (Phi) is 5.15. The van der Waals surface area contributed by atoms with E-state index in [2.05, 4.69) is 15.6 Å². The number of nitrogens with zero attached hydrogens (tertiary/aromatic N) is 1. The van der Waals surface area contributed by atoms with Crippen LogP contribution in [0.3, 0.4) is 0 Å². The molecule has 0 aliphatic rings. The number of hydrogen-bond donors (Lipinski definition) is 3. The van der Waals surface area contributed by atoms with Gasteiger partial charge in [0.15, 0.2) is 0 Å². The summed E-state index contributed by atoms with van der Waals surface area (Å²) in [6.07, 6.45) is -1.25. The zero-order valence-electron chi connectivity index (χ0n) is 13.0. The van der Waals surface area contributed by atoms with Gasteiger partial charge in [0.05, 0.1) is 16.3 Å². The summed E-state index contributed by atoms with van der Waals surface area (Å²) in [6.45, 7) is 5.26. The van der Waals surface area contributed by atoms with Gasteiger partial charge in [0.2, 0.25) is 5.91 Å². The van der Waals surface area contributed by atoms with Gasteiger partial charge in [-0.2, -0.15) is 0 Å². The average molecular weight is 339 g/mol. The van der Waals surface area contributed by atoms with E-state index in [4.69, 9.17) is 5.11 Å². The Bertz CT molecular complexity index is 732. The third kappa shape index (κ3) is 4.16. The molecule has 0 unspecified atom stereocenters. The predicted molar refractivity (Wildman–Crippen MR) is 85.9 cm³/mol. The lowest BCUT2D eigenvalue weighted by Gasteiger charge is -2.22. The van der Waals surface area contributed by atoms with Gasteiger partial charge in [0.25, 0.3) is 0 Å². The second kappa shape index (κ2) is 6.91. The molecule has 3 N–H and O–H groups in total. The maximum Gasteiger partial charge on any atom is 0.405 e. The third-order valence-corrected chi connectivity index (χ3v) is 4.53. The maximum absolute atomic E-state index is 13.2. The van der Waals surface area contributed by atoms with Crippen LogP contribution < -0.4 is 10.6 Å². The van der Waals surface area contributed by atoms with Gasteiger partial charge >= 0.3 is 6.09 Å². The van der Waals surface area contributed by atoms with Crippen molar-refractivity contribution >= 4 is 33.6 Å². The SMILES string of the molecule is CC(C)[C@@H](NC(=O)O)C(=O)N[C@H](C)c1nc2ccc(F)cc2s1. The number of thiazole rings is 1. The summed E-state index contributed by atoms with van der Waals surface area (Å²) in [5.74, 6) is -0.946. The van der Waals surface area contributed by atoms with Crippen molar-refractivity contribution in [3.63, 3.8) is 0 Å². The highest BCUT2D eigenvalue weighted by atomic mass is 32.1. The molecule has 0 bridgehead atoms. The van der Waals surface area contributed by atoms with E-state index in [1.54, 1.807) is 26.8 Å². The molecule has 1 aromatic heterocycles. The lowest BCUT2D eigenvalue weighted by atomic mass is 10.0. The van der Waals surface area contributed by atoms with Crippen LogP contribution >= 0.6 is 11.3 Å². The predicted octanol–water partition coefficient (Wildman–Crippen LogP) is 2.90. The first-order valence-corrected chi connectivity index (χ1v) is 7.95. The molecule has 2 amide bonds. The molecule has 23 heavy (non-hydrogen) atoms. The van der Waals surface area contributed by atoms with Gasteiger partial charge in [-0.15, -0.1) is 11.3 Å². The molecule has 0 spiro atoms. The van der Waals surface area contributed by atoms with Gasteiger partial charge in [-0.3, -0.25) is 4.79 Å². The van der Waals surface area contributed by atoms with Crippen LogP contribution in [0.2, 0.25) is 0 Å². The number of fused-ring (bicyclic) bond motifs is 1. The summed E-state index contributed by atoms with van der Waals surface area (Å²) in [5.41, 5.74) is 0.663. The minimum absolute atomic E-state index is 0.192. The van der Waals surface area contributed by atoms with Crippen molar-refractivity contribution in [1.82, 2.24) is 15.6 Å². The number of rotatable bonds is 5. The molecule has 0 aliphatic heterocycles. The fraction of sp³-hybridized carbons (Fsp3) is 0.400. The van der Waals surface area contributed by atoms with Crippen molar-refractivity contribution < 1.29 is 19.1 Å². The summed E-state index contributed by atoms with van der Waals surface area (Å²) < 4.78 is 13.9. The fourth-order valence-electron chi connectivity index (χ4n) is 2.13. The number of carbonyl (C=O) groups is 2. The molecule has 124 valence electrons. The molecule has 0 fully saturated rings. The zero-order valence-corrected chi connectivity index (χ0v) is 13.8. The molecule has 2 rings (SSSR count). The first kappa shape index (κ1) is 17.1. The molecule has 1 aromatic carbocycles. The van der Waals surface area contributed by atoms with Crippen molar-refractivity contribution in [3.05, 3.63) is 29.0 Å². The molecule has 0 radical (unpaired) electrons. The summed E-state index contributed by atoms with van der Waals surface area (Å²) in [5, 5.41) is 14.4. The van der Waals surface area contributed by atoms with Crippen LogP contribution in [0.25, 0.3) is 10.2 Å². The van der Waals surface area contributed by atoms with Crippen molar-refractivity contribution in [1.29, 1.82) is 0 Å². The lowest BCUT2D eigenvalue weighted by molar-refractivity contribution is -0.124. The van der Waals surface area contributed by atoms with Gasteiger partial charge in [-0.25, -0.2) is 14.2 Å². The van der Waals surface area contributed by atoms with Crippen LogP contribution in [0.15, 0.2) is 18.2 Å². The maximum atomic E-state index is 13.2. The van der Waals surface area contributed by atoms with Crippen LogP contribution in [0.1, 0.15) is 31.8 Å². The Hall–Kier alpha value is -2.22. The quantitative estimate of drug-likeness (QED) is 0.781. The second-order valence-electron chi connectivity index (χ2n) is 5.57. The minimum Gasteiger partial charge on any atom is -0.465 e. The van der Waals surface area contributed by atoms with E-state index in [1.165, 1.54) is 23.5 Å². The van der Waals surface area contributed by atoms with E-state index in [1.807, 2.05) is 0 Å². The first-order chi connectivity index (χ1) is 10.8. The van der Waals surface area contributed by atoms with E-state index < -0.39 is 24.1 Å². The molecule has 8 heteroatoms. The number of amides is 2. The van der Waals surface area contributed by atoms with E-state index in [0.717, 1.165) is 0 Å². The van der Waals surface area contributed by atoms with E-state index >= 15 is 0 Å². The highest BCUT2D eigenvalue weighted by Crippen LogP contribution is 2.27. The Balaban J connectivity index is 2.13. The number of carbonyl (C=O) groups excluding carboxylic acids is 1. The minimum atomic E-state index is -1.25. The van der Waals surface area contributed by atoms with Gasteiger partial charge < -0.3 is 15.7 Å². The zero-order chi connectivity index (χ0) is 17.1. The van der Waals surface area contributed by atoms with Crippen LogP contribution in [0.4, 0.5) is 9.18 Å². The number of benzene rings is 1. The molecule has 1 heterocycles. The Labute approximate surface area is 136 Å². The smallest absolute Gasteiger partial charge is 0.405 e. The molecule has 6 nitrogen and oxygen atoms in total. The molecule has 0 aliphatic carbocycles. The standard InChI is InChI=1S/C15H18FN3O3S/c1-7(2)12(19-15(21)22)13(20)17-8(3)14-18-10-5-4-9(16)6-11(10)23-14/h4-8,12,19H,1-3H3,(H,17,20)(H,21,22)/t8-,12-/m1/s1. The van der Waals surface area contributed by atoms with Crippen LogP contribution in [0, 0.1) is 11.7 Å². The highest BCUT2D eigenvalue weighted by molar-refractivity contribution is 7.18. The Morgan fingerprint density at radius 2 is 1.96 bits per heavy atom. The highest BCUT2D eigenvalue weighted by Gasteiger charge is 2.26. The summed E-state index contributed by atoms with van der Waals surface area (Å²) in [4.78, 5) is 27.4. The van der Waals surface area contributed by atoms with E-state index in [0.29, 0.717) is 15.2 Å². The van der Waals surface area contributed by atoms with Gasteiger partial charge in [-0.1, -0.05) is 13.8 Å². The average Bonchev–Trinajstić information content (AvgIpc) is 2.87. The second-order valence-corrected chi connectivity index (χ2v) is 6.63. The Morgan fingerprint density at radius 1 is 1.26 bits per heavy atom. The van der Waals surface area contributed by atoms with Crippen LogP contribution in [-0.2, 0) is 4.79 Å². The van der Waals surface area contributed by atoms with Gasteiger partial charge in [-0.05, 0) is 31.0 Å². The number of hydrogen-bond acceptors (Lipinski definition) is 4. The van der Waals surface area contributed by atoms with E-state index in [9.17, 15) is 14.0 Å². The van der Waals surface area contributed by atoms with Gasteiger partial charge in [0, 0.05) is 0 Å². The molecule has 0 saturated carbocycles. The molecular weight excluding hydrogens is 321 g/mol. The largest absolute Gasteiger partial charge is 0.465 e. The lowest BCUT2D eigenvalue weighted by Crippen LogP contribution is -2.49. The summed E-state index contributed by atoms with van der Waals surface area (Å²) >= 11 is 1.29.